The van der Waals surface area contributed by atoms with E-state index in [0.717, 1.165) is 5.69 Å². The summed E-state index contributed by atoms with van der Waals surface area (Å²) in [6, 6.07) is 6.64. The Labute approximate surface area is 121 Å². The van der Waals surface area contributed by atoms with Crippen LogP contribution in [0.1, 0.15) is 12.6 Å². The summed E-state index contributed by atoms with van der Waals surface area (Å²) in [6.07, 6.45) is 0. The molecule has 2 heterocycles. The number of hydrogen-bond donors (Lipinski definition) is 2. The number of fused-ring (bicyclic) bond motifs is 1. The number of rotatable bonds is 4. The van der Waals surface area contributed by atoms with Crippen LogP contribution in [0.25, 0.3) is 0 Å². The van der Waals surface area contributed by atoms with Crippen LogP contribution < -0.4 is 20.1 Å². The van der Waals surface area contributed by atoms with Crippen LogP contribution in [0, 0.1) is 6.92 Å². The molecule has 1 aliphatic heterocycles. The second-order valence-corrected chi connectivity index (χ2v) is 4.76. The molecule has 0 radical (unpaired) electrons. The van der Waals surface area contributed by atoms with Gasteiger partial charge in [-0.25, -0.2) is 0 Å². The van der Waals surface area contributed by atoms with E-state index >= 15 is 0 Å². The molecule has 0 spiro atoms. The molecular weight excluding hydrogens is 274 g/mol. The first-order valence-corrected chi connectivity index (χ1v) is 6.52. The van der Waals surface area contributed by atoms with Crippen LogP contribution in [0.5, 0.6) is 11.5 Å². The van der Waals surface area contributed by atoms with Gasteiger partial charge >= 0.3 is 0 Å². The van der Waals surface area contributed by atoms with Crippen molar-refractivity contribution in [2.75, 3.05) is 17.4 Å². The van der Waals surface area contributed by atoms with Crippen molar-refractivity contribution in [3.63, 3.8) is 0 Å². The first kappa shape index (κ1) is 13.3. The van der Waals surface area contributed by atoms with E-state index in [4.69, 9.17) is 14.0 Å². The third kappa shape index (κ3) is 2.91. The van der Waals surface area contributed by atoms with Crippen LogP contribution in [0.2, 0.25) is 0 Å². The lowest BCUT2D eigenvalue weighted by molar-refractivity contribution is -0.116. The lowest BCUT2D eigenvalue weighted by Gasteiger charge is -2.14. The number of ether oxygens (including phenoxy) is 2. The first-order chi connectivity index (χ1) is 10.1. The van der Waals surface area contributed by atoms with Crippen molar-refractivity contribution in [1.82, 2.24) is 5.16 Å². The standard InChI is InChI=1S/C14H15N3O4/c1-8-5-13(21-17-8)16-14(18)9(2)15-10-3-4-11-12(6-10)20-7-19-11/h3-6,9,15H,7H2,1-2H3,(H,16,18)/t9-/m1/s1. The lowest BCUT2D eigenvalue weighted by atomic mass is 10.2. The van der Waals surface area contributed by atoms with E-state index in [1.165, 1.54) is 0 Å². The second-order valence-electron chi connectivity index (χ2n) is 4.76. The average Bonchev–Trinajstić information content (AvgIpc) is 3.07. The van der Waals surface area contributed by atoms with E-state index in [1.54, 1.807) is 32.0 Å². The predicted octanol–water partition coefficient (Wildman–Crippen LogP) is 2.15. The summed E-state index contributed by atoms with van der Waals surface area (Å²) in [5.41, 5.74) is 1.48. The molecular formula is C14H15N3O4. The van der Waals surface area contributed by atoms with Crippen molar-refractivity contribution in [2.24, 2.45) is 0 Å². The van der Waals surface area contributed by atoms with Gasteiger partial charge in [-0.05, 0) is 26.0 Å². The van der Waals surface area contributed by atoms with Gasteiger partial charge in [-0.15, -0.1) is 0 Å². The third-order valence-electron chi connectivity index (χ3n) is 3.02. The maximum Gasteiger partial charge on any atom is 0.248 e. The fourth-order valence-corrected chi connectivity index (χ4v) is 1.95. The molecule has 21 heavy (non-hydrogen) atoms. The summed E-state index contributed by atoms with van der Waals surface area (Å²) in [4.78, 5) is 12.0. The minimum Gasteiger partial charge on any atom is -0.454 e. The molecule has 0 saturated heterocycles. The molecule has 0 unspecified atom stereocenters. The smallest absolute Gasteiger partial charge is 0.248 e. The number of hydrogen-bond acceptors (Lipinski definition) is 6. The van der Waals surface area contributed by atoms with Crippen molar-refractivity contribution in [3.8, 4) is 11.5 Å². The number of carbonyl (C=O) groups excluding carboxylic acids is 1. The number of benzene rings is 1. The van der Waals surface area contributed by atoms with Gasteiger partial charge in [-0.3, -0.25) is 10.1 Å². The van der Waals surface area contributed by atoms with Crippen molar-refractivity contribution >= 4 is 17.5 Å². The SMILES string of the molecule is Cc1cc(NC(=O)[C@@H](C)Nc2ccc3c(c2)OCO3)on1. The quantitative estimate of drug-likeness (QED) is 0.897. The molecule has 0 bridgehead atoms. The molecule has 0 fully saturated rings. The van der Waals surface area contributed by atoms with Gasteiger partial charge in [-0.2, -0.15) is 0 Å². The fourth-order valence-electron chi connectivity index (χ4n) is 1.95. The Balaban J connectivity index is 1.62. The molecule has 2 aromatic rings. The molecule has 1 aromatic carbocycles. The summed E-state index contributed by atoms with van der Waals surface area (Å²) in [5.74, 6) is 1.48. The van der Waals surface area contributed by atoms with Gasteiger partial charge in [0.1, 0.15) is 6.04 Å². The highest BCUT2D eigenvalue weighted by molar-refractivity contribution is 5.95. The molecule has 0 saturated carbocycles. The summed E-state index contributed by atoms with van der Waals surface area (Å²) in [7, 11) is 0. The average molecular weight is 289 g/mol. The largest absolute Gasteiger partial charge is 0.454 e. The summed E-state index contributed by atoms with van der Waals surface area (Å²) < 4.78 is 15.5. The van der Waals surface area contributed by atoms with Crippen LogP contribution in [0.4, 0.5) is 11.6 Å². The first-order valence-electron chi connectivity index (χ1n) is 6.52. The Bertz CT molecular complexity index is 668. The lowest BCUT2D eigenvalue weighted by Crippen LogP contribution is -2.31. The highest BCUT2D eigenvalue weighted by Crippen LogP contribution is 2.34. The number of carbonyl (C=O) groups is 1. The Morgan fingerprint density at radius 3 is 2.86 bits per heavy atom. The van der Waals surface area contributed by atoms with Gasteiger partial charge in [0.05, 0.1) is 5.69 Å². The molecule has 3 rings (SSSR count). The molecule has 1 atom stereocenters. The summed E-state index contributed by atoms with van der Waals surface area (Å²) >= 11 is 0. The van der Waals surface area contributed by atoms with Crippen LogP contribution in [0.15, 0.2) is 28.8 Å². The van der Waals surface area contributed by atoms with Gasteiger partial charge in [0.2, 0.25) is 18.6 Å². The molecule has 7 heteroatoms. The number of nitrogens with one attached hydrogen (secondary N) is 2. The topological polar surface area (TPSA) is 85.6 Å². The van der Waals surface area contributed by atoms with Gasteiger partial charge in [0.25, 0.3) is 0 Å². The van der Waals surface area contributed by atoms with E-state index in [0.29, 0.717) is 23.1 Å². The van der Waals surface area contributed by atoms with Gasteiger partial charge in [0, 0.05) is 17.8 Å². The van der Waals surface area contributed by atoms with E-state index in [1.807, 2.05) is 6.07 Å². The zero-order valence-electron chi connectivity index (χ0n) is 11.7. The minimum absolute atomic E-state index is 0.219. The van der Waals surface area contributed by atoms with Crippen molar-refractivity contribution in [1.29, 1.82) is 0 Å². The van der Waals surface area contributed by atoms with Crippen molar-refractivity contribution < 1.29 is 18.8 Å². The molecule has 2 N–H and O–H groups in total. The van der Waals surface area contributed by atoms with Crippen molar-refractivity contribution in [3.05, 3.63) is 30.0 Å². The van der Waals surface area contributed by atoms with Gasteiger partial charge in [0.15, 0.2) is 11.5 Å². The minimum atomic E-state index is -0.448. The number of aryl methyl sites for hydroxylation is 1. The van der Waals surface area contributed by atoms with Gasteiger partial charge < -0.3 is 19.3 Å². The second kappa shape index (κ2) is 5.35. The number of aromatic nitrogens is 1. The Morgan fingerprint density at radius 2 is 2.10 bits per heavy atom. The molecule has 1 amide bonds. The zero-order chi connectivity index (χ0) is 14.8. The van der Waals surface area contributed by atoms with Crippen molar-refractivity contribution in [2.45, 2.75) is 19.9 Å². The normalized spacial score (nSPS) is 13.8. The van der Waals surface area contributed by atoms with Crippen LogP contribution in [-0.2, 0) is 4.79 Å². The van der Waals surface area contributed by atoms with Crippen LogP contribution in [-0.4, -0.2) is 23.9 Å². The van der Waals surface area contributed by atoms with Crippen LogP contribution in [0.3, 0.4) is 0 Å². The molecule has 110 valence electrons. The number of amides is 1. The predicted molar refractivity (Wildman–Crippen MR) is 75.5 cm³/mol. The monoisotopic (exact) mass is 289 g/mol. The van der Waals surface area contributed by atoms with E-state index < -0.39 is 6.04 Å². The van der Waals surface area contributed by atoms with E-state index in [2.05, 4.69) is 15.8 Å². The number of anilines is 2. The highest BCUT2D eigenvalue weighted by Gasteiger charge is 2.17. The van der Waals surface area contributed by atoms with E-state index in [9.17, 15) is 4.79 Å². The zero-order valence-corrected chi connectivity index (χ0v) is 11.7. The molecule has 1 aliphatic rings. The van der Waals surface area contributed by atoms with Crippen LogP contribution >= 0.6 is 0 Å². The summed E-state index contributed by atoms with van der Waals surface area (Å²) in [5, 5.41) is 9.45. The summed E-state index contributed by atoms with van der Waals surface area (Å²) in [6.45, 7) is 3.76. The van der Waals surface area contributed by atoms with E-state index in [-0.39, 0.29) is 12.7 Å². The Morgan fingerprint density at radius 1 is 1.29 bits per heavy atom. The fraction of sp³-hybridized carbons (Fsp3) is 0.286. The molecule has 1 aromatic heterocycles. The maximum atomic E-state index is 12.0. The highest BCUT2D eigenvalue weighted by atomic mass is 16.7. The Kier molecular flexibility index (Phi) is 3.39. The molecule has 7 nitrogen and oxygen atoms in total. The maximum absolute atomic E-state index is 12.0. The van der Waals surface area contributed by atoms with Gasteiger partial charge in [-0.1, -0.05) is 5.16 Å². The third-order valence-corrected chi connectivity index (χ3v) is 3.02. The number of nitrogens with zero attached hydrogens (tertiary/aromatic N) is 1. The Hall–Kier alpha value is -2.70. The molecule has 0 aliphatic carbocycles.